The number of rotatable bonds is 13. The molecule has 12 heteroatoms. The fourth-order valence-corrected chi connectivity index (χ4v) is 4.72. The van der Waals surface area contributed by atoms with Crippen LogP contribution in [0.4, 0.5) is 15.2 Å². The third kappa shape index (κ3) is 7.36. The first kappa shape index (κ1) is 23.8. The summed E-state index contributed by atoms with van der Waals surface area (Å²) in [5, 5.41) is 17.3. The quantitative estimate of drug-likeness (QED) is 0.287. The van der Waals surface area contributed by atoms with Gasteiger partial charge in [-0.25, -0.2) is 17.8 Å². The van der Waals surface area contributed by atoms with Crippen LogP contribution in [0, 0.1) is 5.82 Å². The van der Waals surface area contributed by atoms with E-state index in [1.54, 1.807) is 5.38 Å². The van der Waals surface area contributed by atoms with Crippen LogP contribution in [0.25, 0.3) is 0 Å². The molecule has 8 nitrogen and oxygen atoms in total. The molecule has 0 saturated heterocycles. The highest BCUT2D eigenvalue weighted by Gasteiger charge is 2.22. The van der Waals surface area contributed by atoms with E-state index in [2.05, 4.69) is 20.3 Å². The maximum atomic E-state index is 14.4. The lowest BCUT2D eigenvalue weighted by Gasteiger charge is -2.15. The maximum absolute atomic E-state index is 14.4. The van der Waals surface area contributed by atoms with Gasteiger partial charge in [-0.05, 0) is 44.5 Å². The number of sulfonamides is 1. The standard InChI is InChI=1S/C17H25ClFN5O3S2/c18-13-9-16(29(26,27)24-17-23-7-8-28-17)14(19)10-15(13)22-6-2-1-5-21-12(11-25)3-4-20/h7-10,12,21-22,25H,1-6,11,20H2,(H,23,24)/t12-/m0/s1. The van der Waals surface area contributed by atoms with Gasteiger partial charge < -0.3 is 21.5 Å². The van der Waals surface area contributed by atoms with Gasteiger partial charge in [0.25, 0.3) is 10.0 Å². The van der Waals surface area contributed by atoms with Gasteiger partial charge in [0.15, 0.2) is 5.13 Å². The summed E-state index contributed by atoms with van der Waals surface area (Å²) >= 11 is 7.22. The van der Waals surface area contributed by atoms with Crippen molar-refractivity contribution in [1.82, 2.24) is 10.3 Å². The minimum atomic E-state index is -4.13. The molecule has 0 bridgehead atoms. The average Bonchev–Trinajstić information content (AvgIpc) is 3.17. The van der Waals surface area contributed by atoms with E-state index >= 15 is 0 Å². The van der Waals surface area contributed by atoms with Gasteiger partial charge in [0.05, 0.1) is 17.3 Å². The summed E-state index contributed by atoms with van der Waals surface area (Å²) in [6.45, 7) is 1.80. The van der Waals surface area contributed by atoms with Crippen LogP contribution < -0.4 is 21.1 Å². The fourth-order valence-electron chi connectivity index (χ4n) is 2.55. The van der Waals surface area contributed by atoms with Gasteiger partial charge in [0.2, 0.25) is 0 Å². The highest BCUT2D eigenvalue weighted by molar-refractivity contribution is 7.93. The number of nitrogens with zero attached hydrogens (tertiary/aromatic N) is 1. The van der Waals surface area contributed by atoms with Crippen LogP contribution >= 0.6 is 22.9 Å². The number of nitrogens with one attached hydrogen (secondary N) is 3. The Bertz CT molecular complexity index is 868. The highest BCUT2D eigenvalue weighted by Crippen LogP contribution is 2.29. The Labute approximate surface area is 178 Å². The van der Waals surface area contributed by atoms with E-state index < -0.39 is 20.7 Å². The van der Waals surface area contributed by atoms with Crippen molar-refractivity contribution in [3.8, 4) is 0 Å². The number of hydrogen-bond donors (Lipinski definition) is 5. The number of halogens is 2. The number of unbranched alkanes of at least 4 members (excludes halogenated alkanes) is 1. The maximum Gasteiger partial charge on any atom is 0.266 e. The number of aliphatic hydroxyl groups is 1. The molecule has 29 heavy (non-hydrogen) atoms. The zero-order valence-electron chi connectivity index (χ0n) is 15.7. The van der Waals surface area contributed by atoms with Gasteiger partial charge in [0, 0.05) is 24.2 Å². The number of nitrogens with two attached hydrogens (primary N) is 1. The van der Waals surface area contributed by atoms with E-state index in [1.807, 2.05) is 0 Å². The number of anilines is 2. The summed E-state index contributed by atoms with van der Waals surface area (Å²) in [6, 6.07) is 2.14. The molecule has 0 fully saturated rings. The molecule has 1 atom stereocenters. The molecular weight excluding hydrogens is 441 g/mol. The number of thiazole rings is 1. The van der Waals surface area contributed by atoms with Crippen molar-refractivity contribution in [1.29, 1.82) is 0 Å². The first-order valence-corrected chi connectivity index (χ1v) is 11.8. The van der Waals surface area contributed by atoms with Crippen molar-refractivity contribution < 1.29 is 17.9 Å². The van der Waals surface area contributed by atoms with E-state index in [0.29, 0.717) is 31.7 Å². The molecule has 0 amide bonds. The first-order valence-electron chi connectivity index (χ1n) is 9.07. The highest BCUT2D eigenvalue weighted by atomic mass is 35.5. The Hall–Kier alpha value is -1.50. The van der Waals surface area contributed by atoms with Crippen molar-refractivity contribution in [2.75, 3.05) is 36.3 Å². The predicted molar refractivity (Wildman–Crippen MR) is 115 cm³/mol. The van der Waals surface area contributed by atoms with E-state index in [9.17, 15) is 17.9 Å². The Morgan fingerprint density at radius 2 is 2.07 bits per heavy atom. The molecule has 2 aromatic rings. The van der Waals surface area contributed by atoms with Gasteiger partial charge >= 0.3 is 0 Å². The van der Waals surface area contributed by atoms with Gasteiger partial charge in [0.1, 0.15) is 10.7 Å². The Morgan fingerprint density at radius 1 is 1.31 bits per heavy atom. The molecule has 0 spiro atoms. The van der Waals surface area contributed by atoms with Crippen molar-refractivity contribution in [2.24, 2.45) is 5.73 Å². The summed E-state index contributed by atoms with van der Waals surface area (Å²) in [6.07, 6.45) is 3.75. The van der Waals surface area contributed by atoms with Crippen LogP contribution in [-0.2, 0) is 10.0 Å². The molecule has 1 aromatic carbocycles. The lowest BCUT2D eigenvalue weighted by atomic mass is 10.2. The number of benzene rings is 1. The third-order valence-electron chi connectivity index (χ3n) is 4.05. The molecule has 0 aliphatic carbocycles. The lowest BCUT2D eigenvalue weighted by molar-refractivity contribution is 0.237. The zero-order valence-corrected chi connectivity index (χ0v) is 18.1. The minimum Gasteiger partial charge on any atom is -0.395 e. The van der Waals surface area contributed by atoms with Crippen molar-refractivity contribution in [2.45, 2.75) is 30.2 Å². The summed E-state index contributed by atoms with van der Waals surface area (Å²) in [5.74, 6) is -0.907. The van der Waals surface area contributed by atoms with E-state index in [4.69, 9.17) is 17.3 Å². The molecule has 0 radical (unpaired) electrons. The van der Waals surface area contributed by atoms with Gasteiger partial charge in [-0.3, -0.25) is 4.72 Å². The predicted octanol–water partition coefficient (Wildman–Crippen LogP) is 2.23. The van der Waals surface area contributed by atoms with Crippen molar-refractivity contribution in [3.63, 3.8) is 0 Å². The summed E-state index contributed by atoms with van der Waals surface area (Å²) < 4.78 is 41.3. The van der Waals surface area contributed by atoms with Crippen LogP contribution in [0.15, 0.2) is 28.6 Å². The molecule has 0 saturated carbocycles. The Morgan fingerprint density at radius 3 is 2.72 bits per heavy atom. The summed E-state index contributed by atoms with van der Waals surface area (Å²) in [7, 11) is -4.13. The second-order valence-corrected chi connectivity index (χ2v) is 9.20. The van der Waals surface area contributed by atoms with Crippen LogP contribution in [0.3, 0.4) is 0 Å². The normalized spacial score (nSPS) is 12.7. The minimum absolute atomic E-state index is 0.0102. The molecule has 162 valence electrons. The summed E-state index contributed by atoms with van der Waals surface area (Å²) in [4.78, 5) is 3.28. The second kappa shape index (κ2) is 11.6. The molecule has 0 unspecified atom stereocenters. The van der Waals surface area contributed by atoms with Crippen LogP contribution in [-0.4, -0.2) is 50.8 Å². The van der Waals surface area contributed by atoms with Crippen molar-refractivity contribution >= 4 is 43.8 Å². The zero-order chi connectivity index (χ0) is 21.3. The molecule has 6 N–H and O–H groups in total. The topological polar surface area (TPSA) is 129 Å². The molecule has 2 rings (SSSR count). The Kier molecular flexibility index (Phi) is 9.53. The van der Waals surface area contributed by atoms with Crippen LogP contribution in [0.5, 0.6) is 0 Å². The van der Waals surface area contributed by atoms with Crippen LogP contribution in [0.1, 0.15) is 19.3 Å². The number of aromatic nitrogens is 1. The largest absolute Gasteiger partial charge is 0.395 e. The second-order valence-electron chi connectivity index (χ2n) is 6.25. The van der Waals surface area contributed by atoms with Crippen molar-refractivity contribution in [3.05, 3.63) is 34.5 Å². The number of hydrogen-bond acceptors (Lipinski definition) is 8. The SMILES string of the molecule is NCC[C@@H](CO)NCCCCNc1cc(F)c(S(=O)(=O)Nc2nccs2)cc1Cl. The van der Waals surface area contributed by atoms with E-state index in [0.717, 1.165) is 36.3 Å². The molecular formula is C17H25ClFN5O3S2. The lowest BCUT2D eigenvalue weighted by Crippen LogP contribution is -2.35. The van der Waals surface area contributed by atoms with Gasteiger partial charge in [-0.1, -0.05) is 11.6 Å². The molecule has 1 heterocycles. The average molecular weight is 466 g/mol. The van der Waals surface area contributed by atoms with E-state index in [-0.39, 0.29) is 22.8 Å². The monoisotopic (exact) mass is 465 g/mol. The van der Waals surface area contributed by atoms with Gasteiger partial charge in [-0.15, -0.1) is 11.3 Å². The van der Waals surface area contributed by atoms with E-state index in [1.165, 1.54) is 6.20 Å². The van der Waals surface area contributed by atoms with Crippen LogP contribution in [0.2, 0.25) is 5.02 Å². The first-order chi connectivity index (χ1) is 13.9. The molecule has 0 aliphatic heterocycles. The summed E-state index contributed by atoms with van der Waals surface area (Å²) in [5.41, 5.74) is 5.79. The fraction of sp³-hybridized carbons (Fsp3) is 0.471. The van der Waals surface area contributed by atoms with Gasteiger partial charge in [-0.2, -0.15) is 0 Å². The molecule has 1 aromatic heterocycles. The molecule has 0 aliphatic rings. The Balaban J connectivity index is 1.87. The third-order valence-corrected chi connectivity index (χ3v) is 6.54. The smallest absolute Gasteiger partial charge is 0.266 e. The number of aliphatic hydroxyl groups excluding tert-OH is 1.